The van der Waals surface area contributed by atoms with Gasteiger partial charge in [0, 0.05) is 5.57 Å². The van der Waals surface area contributed by atoms with E-state index in [2.05, 4.69) is 39.0 Å². The van der Waals surface area contributed by atoms with Crippen molar-refractivity contribution in [2.45, 2.75) is 54.4 Å². The zero-order valence-electron chi connectivity index (χ0n) is 15.6. The minimum atomic E-state index is -0.839. The summed E-state index contributed by atoms with van der Waals surface area (Å²) < 4.78 is 0. The number of allylic oxidation sites excluding steroid dienone is 5. The highest BCUT2D eigenvalue weighted by Gasteiger charge is 2.40. The summed E-state index contributed by atoms with van der Waals surface area (Å²) in [6.45, 7) is 12.7. The molecule has 0 aromatic heterocycles. The predicted molar refractivity (Wildman–Crippen MR) is 98.2 cm³/mol. The maximum atomic E-state index is 10.8. The molecule has 0 aromatic rings. The smallest absolute Gasteiger partial charge is 0.331 e. The fourth-order valence-electron chi connectivity index (χ4n) is 4.30. The van der Waals surface area contributed by atoms with Crippen LogP contribution in [0, 0.1) is 35.5 Å². The summed E-state index contributed by atoms with van der Waals surface area (Å²) in [7, 11) is 0. The second-order valence-corrected chi connectivity index (χ2v) is 7.16. The quantitative estimate of drug-likeness (QED) is 0.410. The van der Waals surface area contributed by atoms with Crippen LogP contribution in [-0.2, 0) is 4.79 Å². The van der Waals surface area contributed by atoms with Gasteiger partial charge < -0.3 is 5.11 Å². The van der Waals surface area contributed by atoms with Crippen molar-refractivity contribution in [2.75, 3.05) is 0 Å². The molecule has 1 fully saturated rings. The lowest BCUT2D eigenvalue weighted by atomic mass is 9.59. The summed E-state index contributed by atoms with van der Waals surface area (Å²) in [4.78, 5) is 10.8. The highest BCUT2D eigenvalue weighted by Crippen LogP contribution is 2.48. The number of hydrogen-bond acceptors (Lipinski definition) is 1. The minimum Gasteiger partial charge on any atom is -0.478 e. The first-order valence-corrected chi connectivity index (χ1v) is 9.16. The average Bonchev–Trinajstić information content (AvgIpc) is 2.51. The Balaban J connectivity index is 0.00000127. The minimum absolute atomic E-state index is 0.395. The first kappa shape index (κ1) is 19.7. The number of fused-ring (bicyclic) bond motifs is 1. The van der Waals surface area contributed by atoms with E-state index in [0.717, 1.165) is 11.8 Å². The van der Waals surface area contributed by atoms with Crippen molar-refractivity contribution in [1.29, 1.82) is 0 Å². The molecule has 0 aliphatic heterocycles. The van der Waals surface area contributed by atoms with Crippen molar-refractivity contribution in [1.82, 2.24) is 0 Å². The lowest BCUT2D eigenvalue weighted by molar-refractivity contribution is -0.132. The number of carboxylic acid groups (broad SMARTS) is 1. The van der Waals surface area contributed by atoms with Crippen LogP contribution in [0.2, 0.25) is 0 Å². The van der Waals surface area contributed by atoms with Crippen LogP contribution < -0.4 is 0 Å². The Bertz CT molecular complexity index is 472. The molecule has 6 atom stereocenters. The first-order chi connectivity index (χ1) is 10.9. The largest absolute Gasteiger partial charge is 0.478 e. The first-order valence-electron chi connectivity index (χ1n) is 9.16. The molecular formula is C21H34O2. The highest BCUT2D eigenvalue weighted by molar-refractivity contribution is 5.86. The van der Waals surface area contributed by atoms with E-state index >= 15 is 0 Å². The standard InChI is InChI=1S/C19H28O2.C2H6/c1-12-10-15(4)18-16(11-12)9-8-13(2)17(18)7-5-6-14(3)19(20)21;1-2/h5-9,12-13,15-18H,10-11H2,1-4H3,(H,20,21);1-2H3/b7-5+,14-6+;/t12-,13+,15+,16+,17-,18-;/m0./s1. The van der Waals surface area contributed by atoms with Crippen LogP contribution in [0.5, 0.6) is 0 Å². The van der Waals surface area contributed by atoms with Gasteiger partial charge in [0.2, 0.25) is 0 Å². The van der Waals surface area contributed by atoms with Gasteiger partial charge in [-0.05, 0) is 55.3 Å². The lowest BCUT2D eigenvalue weighted by Gasteiger charge is -2.46. The van der Waals surface area contributed by atoms with E-state index in [9.17, 15) is 4.79 Å². The summed E-state index contributed by atoms with van der Waals surface area (Å²) in [5.74, 6) is 3.18. The molecule has 1 N–H and O–H groups in total. The molecular weight excluding hydrogens is 284 g/mol. The predicted octanol–water partition coefficient (Wildman–Crippen LogP) is 5.72. The van der Waals surface area contributed by atoms with E-state index in [1.807, 2.05) is 19.9 Å². The third kappa shape index (κ3) is 5.09. The maximum absolute atomic E-state index is 10.8. The van der Waals surface area contributed by atoms with Gasteiger partial charge in [-0.2, -0.15) is 0 Å². The fourth-order valence-corrected chi connectivity index (χ4v) is 4.30. The molecule has 0 radical (unpaired) electrons. The Kier molecular flexibility index (Phi) is 7.81. The SMILES string of the molecule is C/C(=C\C=C\[C@@H]1[C@H]2[C@H](C)C[C@H](C)C[C@H]2C=C[C@H]1C)C(=O)O.CC. The molecule has 0 spiro atoms. The van der Waals surface area contributed by atoms with E-state index < -0.39 is 5.97 Å². The van der Waals surface area contributed by atoms with Gasteiger partial charge >= 0.3 is 5.97 Å². The third-order valence-electron chi connectivity index (χ3n) is 5.33. The molecule has 1 saturated carbocycles. The number of carbonyl (C=O) groups is 1. The van der Waals surface area contributed by atoms with Gasteiger partial charge in [-0.1, -0.05) is 65.0 Å². The van der Waals surface area contributed by atoms with E-state index in [0.29, 0.717) is 29.2 Å². The van der Waals surface area contributed by atoms with Gasteiger partial charge in [-0.15, -0.1) is 0 Å². The summed E-state index contributed by atoms with van der Waals surface area (Å²) in [5.41, 5.74) is 0.395. The molecule has 130 valence electrons. The van der Waals surface area contributed by atoms with Crippen molar-refractivity contribution < 1.29 is 9.90 Å². The number of aliphatic carboxylic acids is 1. The Morgan fingerprint density at radius 3 is 2.39 bits per heavy atom. The molecule has 2 aliphatic rings. The topological polar surface area (TPSA) is 37.3 Å². The Hall–Kier alpha value is -1.31. The Labute approximate surface area is 142 Å². The highest BCUT2D eigenvalue weighted by atomic mass is 16.4. The van der Waals surface area contributed by atoms with Crippen LogP contribution in [0.25, 0.3) is 0 Å². The van der Waals surface area contributed by atoms with Crippen LogP contribution in [0.3, 0.4) is 0 Å². The second-order valence-electron chi connectivity index (χ2n) is 7.16. The molecule has 23 heavy (non-hydrogen) atoms. The van der Waals surface area contributed by atoms with E-state index in [1.165, 1.54) is 12.8 Å². The maximum Gasteiger partial charge on any atom is 0.331 e. The molecule has 2 aliphatic carbocycles. The van der Waals surface area contributed by atoms with Gasteiger partial charge in [0.15, 0.2) is 0 Å². The van der Waals surface area contributed by atoms with Crippen LogP contribution in [0.1, 0.15) is 54.4 Å². The normalized spacial score (nSPS) is 37.0. The number of carboxylic acids is 1. The van der Waals surface area contributed by atoms with Crippen LogP contribution >= 0.6 is 0 Å². The Morgan fingerprint density at radius 1 is 1.13 bits per heavy atom. The van der Waals surface area contributed by atoms with E-state index in [1.54, 1.807) is 13.0 Å². The number of rotatable bonds is 3. The molecule has 0 aromatic carbocycles. The van der Waals surface area contributed by atoms with Crippen molar-refractivity contribution in [3.63, 3.8) is 0 Å². The van der Waals surface area contributed by atoms with Gasteiger partial charge in [0.1, 0.15) is 0 Å². The summed E-state index contributed by atoms with van der Waals surface area (Å²) >= 11 is 0. The van der Waals surface area contributed by atoms with Gasteiger partial charge in [-0.3, -0.25) is 0 Å². The van der Waals surface area contributed by atoms with Crippen molar-refractivity contribution in [3.05, 3.63) is 36.0 Å². The van der Waals surface area contributed by atoms with Crippen molar-refractivity contribution in [2.24, 2.45) is 35.5 Å². The van der Waals surface area contributed by atoms with Crippen LogP contribution in [0.4, 0.5) is 0 Å². The molecule has 0 heterocycles. The van der Waals surface area contributed by atoms with E-state index in [-0.39, 0.29) is 0 Å². The van der Waals surface area contributed by atoms with Crippen molar-refractivity contribution in [3.8, 4) is 0 Å². The van der Waals surface area contributed by atoms with Gasteiger partial charge in [-0.25, -0.2) is 4.79 Å². The molecule has 0 amide bonds. The zero-order chi connectivity index (χ0) is 17.6. The van der Waals surface area contributed by atoms with Crippen LogP contribution in [0.15, 0.2) is 36.0 Å². The van der Waals surface area contributed by atoms with Gasteiger partial charge in [0.05, 0.1) is 0 Å². The molecule has 2 nitrogen and oxygen atoms in total. The van der Waals surface area contributed by atoms with E-state index in [4.69, 9.17) is 5.11 Å². The molecule has 2 rings (SSSR count). The molecule has 0 unspecified atom stereocenters. The van der Waals surface area contributed by atoms with Crippen LogP contribution in [-0.4, -0.2) is 11.1 Å². The number of hydrogen-bond donors (Lipinski definition) is 1. The van der Waals surface area contributed by atoms with Gasteiger partial charge in [0.25, 0.3) is 0 Å². The fraction of sp³-hybridized carbons (Fsp3) is 0.667. The lowest BCUT2D eigenvalue weighted by Crippen LogP contribution is -2.38. The average molecular weight is 319 g/mol. The summed E-state index contributed by atoms with van der Waals surface area (Å²) in [5, 5.41) is 8.92. The molecule has 0 bridgehead atoms. The molecule has 2 heteroatoms. The second kappa shape index (κ2) is 9.10. The van der Waals surface area contributed by atoms with Crippen molar-refractivity contribution >= 4 is 5.97 Å². The third-order valence-corrected chi connectivity index (χ3v) is 5.33. The monoisotopic (exact) mass is 318 g/mol. The summed E-state index contributed by atoms with van der Waals surface area (Å²) in [6, 6.07) is 0. The Morgan fingerprint density at radius 2 is 1.78 bits per heavy atom. The zero-order valence-corrected chi connectivity index (χ0v) is 15.6. The summed E-state index contributed by atoms with van der Waals surface area (Å²) in [6.07, 6.45) is 13.3. The molecule has 0 saturated heterocycles.